The zero-order chi connectivity index (χ0) is 15.0. The summed E-state index contributed by atoms with van der Waals surface area (Å²) in [6, 6.07) is 5.33. The van der Waals surface area contributed by atoms with Crippen molar-refractivity contribution in [3.8, 4) is 0 Å². The standard InChI is InChI=1S/C15H15F3N2S/c16-15(17,18)11-2-1-3-12(8-11)19-14(21)20-13-7-9-4-5-10(13)6-9/h1-5,8-10,13H,6-7H2,(H2,19,20,21). The predicted molar refractivity (Wildman–Crippen MR) is 79.9 cm³/mol. The molecule has 0 radical (unpaired) electrons. The largest absolute Gasteiger partial charge is 0.416 e. The summed E-state index contributed by atoms with van der Waals surface area (Å²) < 4.78 is 38.0. The number of alkyl halides is 3. The van der Waals surface area contributed by atoms with Gasteiger partial charge in [0.05, 0.1) is 5.56 Å². The van der Waals surface area contributed by atoms with Crippen LogP contribution in [-0.4, -0.2) is 11.2 Å². The second-order valence-electron chi connectivity index (χ2n) is 5.56. The topological polar surface area (TPSA) is 24.1 Å². The zero-order valence-corrected chi connectivity index (χ0v) is 12.0. The van der Waals surface area contributed by atoms with Gasteiger partial charge < -0.3 is 10.6 Å². The number of hydrogen-bond acceptors (Lipinski definition) is 1. The van der Waals surface area contributed by atoms with E-state index in [4.69, 9.17) is 12.2 Å². The van der Waals surface area contributed by atoms with Crippen LogP contribution in [0, 0.1) is 11.8 Å². The Balaban J connectivity index is 1.61. The van der Waals surface area contributed by atoms with Crippen LogP contribution in [0.5, 0.6) is 0 Å². The molecule has 2 nitrogen and oxygen atoms in total. The SMILES string of the molecule is FC(F)(F)c1cccc(NC(=S)NC2CC3C=CC2C3)c1. The molecule has 0 spiro atoms. The van der Waals surface area contributed by atoms with Crippen molar-refractivity contribution >= 4 is 23.0 Å². The van der Waals surface area contributed by atoms with Crippen LogP contribution in [0.15, 0.2) is 36.4 Å². The highest BCUT2D eigenvalue weighted by Gasteiger charge is 2.36. The van der Waals surface area contributed by atoms with Crippen molar-refractivity contribution in [1.29, 1.82) is 0 Å². The van der Waals surface area contributed by atoms with Crippen LogP contribution in [0.1, 0.15) is 18.4 Å². The molecule has 1 aromatic rings. The van der Waals surface area contributed by atoms with Gasteiger partial charge in [0, 0.05) is 11.7 Å². The molecule has 2 aliphatic rings. The molecular formula is C15H15F3N2S. The highest BCUT2D eigenvalue weighted by Crippen LogP contribution is 2.39. The van der Waals surface area contributed by atoms with E-state index in [0.717, 1.165) is 25.0 Å². The van der Waals surface area contributed by atoms with Crippen molar-refractivity contribution in [2.45, 2.75) is 25.1 Å². The summed E-state index contributed by atoms with van der Waals surface area (Å²) in [7, 11) is 0. The molecule has 3 unspecified atom stereocenters. The molecular weight excluding hydrogens is 297 g/mol. The van der Waals surface area contributed by atoms with Gasteiger partial charge in [0.15, 0.2) is 5.11 Å². The molecule has 0 saturated heterocycles. The molecule has 112 valence electrons. The van der Waals surface area contributed by atoms with Crippen molar-refractivity contribution in [1.82, 2.24) is 5.32 Å². The molecule has 21 heavy (non-hydrogen) atoms. The number of anilines is 1. The summed E-state index contributed by atoms with van der Waals surface area (Å²) >= 11 is 5.20. The molecule has 2 bridgehead atoms. The Morgan fingerprint density at radius 1 is 1.19 bits per heavy atom. The van der Waals surface area contributed by atoms with E-state index in [1.165, 1.54) is 6.07 Å². The van der Waals surface area contributed by atoms with Gasteiger partial charge in [-0.05, 0) is 55.1 Å². The minimum Gasteiger partial charge on any atom is -0.359 e. The Labute approximate surface area is 126 Å². The van der Waals surface area contributed by atoms with Crippen LogP contribution in [-0.2, 0) is 6.18 Å². The molecule has 2 N–H and O–H groups in total. The van der Waals surface area contributed by atoms with E-state index in [1.54, 1.807) is 6.07 Å². The first-order valence-corrected chi connectivity index (χ1v) is 7.26. The Bertz CT molecular complexity index is 583. The van der Waals surface area contributed by atoms with Crippen LogP contribution < -0.4 is 10.6 Å². The number of thiocarbonyl (C=S) groups is 1. The monoisotopic (exact) mass is 312 g/mol. The van der Waals surface area contributed by atoms with Gasteiger partial charge >= 0.3 is 6.18 Å². The molecule has 1 saturated carbocycles. The highest BCUT2D eigenvalue weighted by atomic mass is 32.1. The first-order valence-electron chi connectivity index (χ1n) is 6.85. The molecule has 2 aliphatic carbocycles. The van der Waals surface area contributed by atoms with Gasteiger partial charge in [-0.1, -0.05) is 18.2 Å². The lowest BCUT2D eigenvalue weighted by molar-refractivity contribution is -0.137. The molecule has 6 heteroatoms. The third-order valence-electron chi connectivity index (χ3n) is 4.04. The van der Waals surface area contributed by atoms with Crippen LogP contribution >= 0.6 is 12.2 Å². The smallest absolute Gasteiger partial charge is 0.359 e. The fraction of sp³-hybridized carbons (Fsp3) is 0.400. The minimum absolute atomic E-state index is 0.283. The van der Waals surface area contributed by atoms with Crippen LogP contribution in [0.25, 0.3) is 0 Å². The normalized spacial score (nSPS) is 26.9. The van der Waals surface area contributed by atoms with Gasteiger partial charge in [0.1, 0.15) is 0 Å². The average Bonchev–Trinajstić information content (AvgIpc) is 3.00. The second kappa shape index (κ2) is 5.33. The third kappa shape index (κ3) is 3.20. The van der Waals surface area contributed by atoms with E-state index in [9.17, 15) is 13.2 Å². The molecule has 0 heterocycles. The van der Waals surface area contributed by atoms with Gasteiger partial charge in [0.25, 0.3) is 0 Å². The van der Waals surface area contributed by atoms with E-state index in [2.05, 4.69) is 22.8 Å². The third-order valence-corrected chi connectivity index (χ3v) is 4.26. The van der Waals surface area contributed by atoms with Gasteiger partial charge in [-0.25, -0.2) is 0 Å². The molecule has 1 fully saturated rings. The molecule has 0 aliphatic heterocycles. The summed E-state index contributed by atoms with van der Waals surface area (Å²) in [4.78, 5) is 0. The van der Waals surface area contributed by atoms with Gasteiger partial charge in [-0.2, -0.15) is 13.2 Å². The Morgan fingerprint density at radius 2 is 2.00 bits per heavy atom. The molecule has 1 aromatic carbocycles. The summed E-state index contributed by atoms with van der Waals surface area (Å²) in [5.74, 6) is 1.10. The Morgan fingerprint density at radius 3 is 2.62 bits per heavy atom. The summed E-state index contributed by atoms with van der Waals surface area (Å²) in [5.41, 5.74) is -0.334. The van der Waals surface area contributed by atoms with Crippen molar-refractivity contribution in [2.24, 2.45) is 11.8 Å². The van der Waals surface area contributed by atoms with Crippen molar-refractivity contribution in [2.75, 3.05) is 5.32 Å². The van der Waals surface area contributed by atoms with Crippen molar-refractivity contribution in [3.05, 3.63) is 42.0 Å². The second-order valence-corrected chi connectivity index (χ2v) is 5.97. The fourth-order valence-corrected chi connectivity index (χ4v) is 3.32. The lowest BCUT2D eigenvalue weighted by atomic mass is 10.0. The van der Waals surface area contributed by atoms with Crippen LogP contribution in [0.3, 0.4) is 0 Å². The average molecular weight is 312 g/mol. The van der Waals surface area contributed by atoms with E-state index in [-0.39, 0.29) is 6.04 Å². The molecule has 0 amide bonds. The number of nitrogens with one attached hydrogen (secondary N) is 2. The summed E-state index contributed by atoms with van der Waals surface area (Å²) in [5, 5.41) is 6.42. The van der Waals surface area contributed by atoms with Gasteiger partial charge in [-0.15, -0.1) is 0 Å². The Hall–Kier alpha value is -1.56. The van der Waals surface area contributed by atoms with E-state index >= 15 is 0 Å². The van der Waals surface area contributed by atoms with E-state index in [1.807, 2.05) is 0 Å². The first-order chi connectivity index (χ1) is 9.91. The number of rotatable bonds is 2. The number of hydrogen-bond donors (Lipinski definition) is 2. The maximum Gasteiger partial charge on any atom is 0.416 e. The predicted octanol–water partition coefficient (Wildman–Crippen LogP) is 3.96. The quantitative estimate of drug-likeness (QED) is 0.638. The number of halogens is 3. The van der Waals surface area contributed by atoms with Crippen LogP contribution in [0.4, 0.5) is 18.9 Å². The fourth-order valence-electron chi connectivity index (χ4n) is 3.06. The van der Waals surface area contributed by atoms with E-state index in [0.29, 0.717) is 22.6 Å². The highest BCUT2D eigenvalue weighted by molar-refractivity contribution is 7.80. The lowest BCUT2D eigenvalue weighted by Crippen LogP contribution is -2.40. The number of fused-ring (bicyclic) bond motifs is 2. The van der Waals surface area contributed by atoms with Gasteiger partial charge in [-0.3, -0.25) is 0 Å². The summed E-state index contributed by atoms with van der Waals surface area (Å²) in [6.07, 6.45) is 2.25. The van der Waals surface area contributed by atoms with Crippen molar-refractivity contribution in [3.63, 3.8) is 0 Å². The van der Waals surface area contributed by atoms with E-state index < -0.39 is 11.7 Å². The number of allylic oxidation sites excluding steroid dienone is 1. The molecule has 3 rings (SSSR count). The molecule has 0 aromatic heterocycles. The number of benzene rings is 1. The van der Waals surface area contributed by atoms with Crippen LogP contribution in [0.2, 0.25) is 0 Å². The minimum atomic E-state index is -4.35. The maximum atomic E-state index is 12.7. The lowest BCUT2D eigenvalue weighted by Gasteiger charge is -2.22. The zero-order valence-electron chi connectivity index (χ0n) is 11.2. The van der Waals surface area contributed by atoms with Crippen molar-refractivity contribution < 1.29 is 13.2 Å². The summed E-state index contributed by atoms with van der Waals surface area (Å²) in [6.45, 7) is 0. The Kier molecular flexibility index (Phi) is 3.65. The van der Waals surface area contributed by atoms with Gasteiger partial charge in [0.2, 0.25) is 0 Å². The molecule has 3 atom stereocenters. The first kappa shape index (κ1) is 14.4. The maximum absolute atomic E-state index is 12.7.